The molecule has 0 saturated carbocycles. The van der Waals surface area contributed by atoms with E-state index in [1.54, 1.807) is 0 Å². The Bertz CT molecular complexity index is 912. The number of unbranched alkanes of at least 4 members (excludes halogenated alkanes) is 18. The molecular weight excluding hydrogens is 693 g/mol. The molecule has 0 aromatic rings. The maximum Gasteiger partial charge on any atom is 0.307 e. The zero-order chi connectivity index (χ0) is 41.2. The highest BCUT2D eigenvalue weighted by Crippen LogP contribution is 2.11. The van der Waals surface area contributed by atoms with Gasteiger partial charge in [-0.1, -0.05) is 140 Å². The van der Waals surface area contributed by atoms with Crippen LogP contribution in [-0.2, 0) is 19.1 Å². The lowest BCUT2D eigenvalue weighted by molar-refractivity contribution is -0.144. The van der Waals surface area contributed by atoms with Crippen LogP contribution in [0.4, 0.5) is 0 Å². The van der Waals surface area contributed by atoms with E-state index in [0.29, 0.717) is 51.2 Å². The maximum atomic E-state index is 12.6. The van der Waals surface area contributed by atoms with Crippen molar-refractivity contribution in [3.05, 3.63) is 48.6 Å². The highest BCUT2D eigenvalue weighted by atomic mass is 16.5. The zero-order valence-corrected chi connectivity index (χ0v) is 37.9. The fraction of sp³-hybridized carbons (Fsp3) is 0.800. The number of carbonyl (C=O) groups is 2. The molecule has 0 unspecified atom stereocenters. The molecule has 0 amide bonds. The minimum Gasteiger partial charge on any atom is -0.466 e. The van der Waals surface area contributed by atoms with E-state index in [-0.39, 0.29) is 11.9 Å². The average molecular weight is 785 g/mol. The first-order valence-corrected chi connectivity index (χ1v) is 23.7. The van der Waals surface area contributed by atoms with Gasteiger partial charge in [0.05, 0.1) is 26.1 Å². The van der Waals surface area contributed by atoms with Crippen LogP contribution in [0.2, 0.25) is 0 Å². The summed E-state index contributed by atoms with van der Waals surface area (Å²) < 4.78 is 11.2. The van der Waals surface area contributed by atoms with E-state index in [4.69, 9.17) is 9.47 Å². The second kappa shape index (κ2) is 42.4. The molecule has 0 heterocycles. The van der Waals surface area contributed by atoms with Crippen LogP contribution in [0.3, 0.4) is 0 Å². The van der Waals surface area contributed by atoms with E-state index in [0.717, 1.165) is 51.6 Å². The molecule has 6 nitrogen and oxygen atoms in total. The molecule has 0 spiro atoms. The van der Waals surface area contributed by atoms with Crippen molar-refractivity contribution in [1.29, 1.82) is 0 Å². The van der Waals surface area contributed by atoms with Gasteiger partial charge in [-0.05, 0) is 105 Å². The first kappa shape index (κ1) is 53.8. The fourth-order valence-corrected chi connectivity index (χ4v) is 6.90. The lowest BCUT2D eigenvalue weighted by Crippen LogP contribution is -2.43. The Kier molecular flexibility index (Phi) is 40.8. The van der Waals surface area contributed by atoms with Crippen LogP contribution in [0.15, 0.2) is 48.6 Å². The van der Waals surface area contributed by atoms with Gasteiger partial charge in [-0.3, -0.25) is 14.5 Å². The highest BCUT2D eigenvalue weighted by Gasteiger charge is 2.17. The third-order valence-electron chi connectivity index (χ3n) is 10.5. The summed E-state index contributed by atoms with van der Waals surface area (Å²) in [5.41, 5.74) is 0. The van der Waals surface area contributed by atoms with E-state index in [9.17, 15) is 9.59 Å². The minimum absolute atomic E-state index is 0.137. The quantitative estimate of drug-likeness (QED) is 0.0350. The number of hydrogen-bond acceptors (Lipinski definition) is 6. The predicted octanol–water partition coefficient (Wildman–Crippen LogP) is 13.9. The van der Waals surface area contributed by atoms with E-state index in [1.807, 2.05) is 0 Å². The van der Waals surface area contributed by atoms with Gasteiger partial charge in [0, 0.05) is 38.3 Å². The lowest BCUT2D eigenvalue weighted by atomic mass is 10.1. The Balaban J connectivity index is 4.16. The smallest absolute Gasteiger partial charge is 0.307 e. The van der Waals surface area contributed by atoms with Gasteiger partial charge in [-0.2, -0.15) is 0 Å². The first-order chi connectivity index (χ1) is 27.3. The van der Waals surface area contributed by atoms with Gasteiger partial charge in [0.25, 0.3) is 0 Å². The summed E-state index contributed by atoms with van der Waals surface area (Å²) in [5, 5.41) is 0. The molecule has 56 heavy (non-hydrogen) atoms. The maximum absolute atomic E-state index is 12.6. The molecule has 0 bridgehead atoms. The Hall–Kier alpha value is -2.18. The van der Waals surface area contributed by atoms with Crippen LogP contribution >= 0.6 is 0 Å². The average Bonchev–Trinajstić information content (AvgIpc) is 3.17. The molecule has 0 fully saturated rings. The van der Waals surface area contributed by atoms with Crippen LogP contribution in [0, 0.1) is 0 Å². The molecule has 326 valence electrons. The van der Waals surface area contributed by atoms with Gasteiger partial charge in [-0.15, -0.1) is 0 Å². The van der Waals surface area contributed by atoms with Crippen molar-refractivity contribution in [3.63, 3.8) is 0 Å². The Morgan fingerprint density at radius 3 is 1.12 bits per heavy atom. The summed E-state index contributed by atoms with van der Waals surface area (Å²) in [6.45, 7) is 17.3. The molecule has 0 saturated heterocycles. The summed E-state index contributed by atoms with van der Waals surface area (Å²) in [5.74, 6) is -0.274. The van der Waals surface area contributed by atoms with Gasteiger partial charge >= 0.3 is 11.9 Å². The van der Waals surface area contributed by atoms with E-state index >= 15 is 0 Å². The third-order valence-corrected chi connectivity index (χ3v) is 10.5. The van der Waals surface area contributed by atoms with Gasteiger partial charge in [0.2, 0.25) is 0 Å². The number of ether oxygens (including phenoxy) is 2. The number of esters is 2. The molecular formula is C50H92N2O4. The Morgan fingerprint density at radius 1 is 0.429 bits per heavy atom. The van der Waals surface area contributed by atoms with Gasteiger partial charge < -0.3 is 14.4 Å². The van der Waals surface area contributed by atoms with E-state index in [1.165, 1.54) is 116 Å². The van der Waals surface area contributed by atoms with Crippen LogP contribution in [0.25, 0.3) is 0 Å². The second-order valence-corrected chi connectivity index (χ2v) is 16.4. The molecule has 6 heteroatoms. The van der Waals surface area contributed by atoms with Crippen molar-refractivity contribution in [1.82, 2.24) is 9.80 Å². The van der Waals surface area contributed by atoms with E-state index in [2.05, 4.69) is 100.0 Å². The molecule has 0 aliphatic carbocycles. The van der Waals surface area contributed by atoms with Crippen LogP contribution < -0.4 is 0 Å². The standard InChI is InChI=1S/C50H92N2O4/c1-7-9-11-13-15-17-19-21-23-25-27-29-31-33-35-37-45-55-49(53)39-41-51(43-44-52(47(3)4)48(5)6)42-40-50(54)56-46-38-36-34-32-30-28-26-24-22-20-18-16-14-12-10-8-2/h15-18,21-24,47-48H,7-14,19-20,25-46H2,1-6H3/b17-15-,18-16-,23-21-,24-22-. The van der Waals surface area contributed by atoms with Crippen LogP contribution in [0.5, 0.6) is 0 Å². The molecule has 0 radical (unpaired) electrons. The van der Waals surface area contributed by atoms with Gasteiger partial charge in [0.1, 0.15) is 0 Å². The summed E-state index contributed by atoms with van der Waals surface area (Å²) >= 11 is 0. The molecule has 0 atom stereocenters. The summed E-state index contributed by atoms with van der Waals surface area (Å²) in [7, 11) is 0. The highest BCUT2D eigenvalue weighted by molar-refractivity contribution is 5.70. The summed E-state index contributed by atoms with van der Waals surface area (Å²) in [6, 6.07) is 0.880. The monoisotopic (exact) mass is 785 g/mol. The first-order valence-electron chi connectivity index (χ1n) is 23.7. The predicted molar refractivity (Wildman–Crippen MR) is 243 cm³/mol. The number of rotatable bonds is 41. The van der Waals surface area contributed by atoms with Gasteiger partial charge in [0.15, 0.2) is 0 Å². The summed E-state index contributed by atoms with van der Waals surface area (Å²) in [6.07, 6.45) is 47.9. The largest absolute Gasteiger partial charge is 0.466 e. The topological polar surface area (TPSA) is 59.1 Å². The summed E-state index contributed by atoms with van der Waals surface area (Å²) in [4.78, 5) is 29.9. The molecule has 0 aliphatic heterocycles. The van der Waals surface area contributed by atoms with Crippen molar-refractivity contribution in [3.8, 4) is 0 Å². The Morgan fingerprint density at radius 2 is 0.768 bits per heavy atom. The lowest BCUT2D eigenvalue weighted by Gasteiger charge is -2.33. The van der Waals surface area contributed by atoms with Crippen molar-refractivity contribution in [2.75, 3.05) is 39.4 Å². The molecule has 0 N–H and O–H groups in total. The van der Waals surface area contributed by atoms with E-state index < -0.39 is 0 Å². The number of allylic oxidation sites excluding steroid dienone is 8. The number of carbonyl (C=O) groups excluding carboxylic acids is 2. The SMILES string of the molecule is CCCCC/C=C\C/C=C\CCCCCCCCOC(=O)CCN(CCC(=O)OCCCCCCCC/C=C\C/C=C\CCCCC)CCN(C(C)C)C(C)C. The van der Waals surface area contributed by atoms with Gasteiger partial charge in [-0.25, -0.2) is 0 Å². The molecule has 0 aromatic heterocycles. The van der Waals surface area contributed by atoms with Crippen molar-refractivity contribution < 1.29 is 19.1 Å². The molecule has 0 aromatic carbocycles. The van der Waals surface area contributed by atoms with Crippen molar-refractivity contribution in [2.24, 2.45) is 0 Å². The zero-order valence-electron chi connectivity index (χ0n) is 37.9. The van der Waals surface area contributed by atoms with Crippen molar-refractivity contribution >= 4 is 11.9 Å². The minimum atomic E-state index is -0.137. The molecule has 0 aliphatic rings. The van der Waals surface area contributed by atoms with Crippen LogP contribution in [0.1, 0.15) is 208 Å². The van der Waals surface area contributed by atoms with Crippen molar-refractivity contribution in [2.45, 2.75) is 221 Å². The third kappa shape index (κ3) is 38.7. The normalized spacial score (nSPS) is 12.4. The molecule has 0 rings (SSSR count). The van der Waals surface area contributed by atoms with Crippen LogP contribution in [-0.4, -0.2) is 73.2 Å². The number of hydrogen-bond donors (Lipinski definition) is 0. The Labute approximate surface area is 348 Å². The number of nitrogens with zero attached hydrogens (tertiary/aromatic N) is 2. The second-order valence-electron chi connectivity index (χ2n) is 16.4. The fourth-order valence-electron chi connectivity index (χ4n) is 6.90.